The fourth-order valence-electron chi connectivity index (χ4n) is 1.56. The number of aromatic nitrogens is 2. The van der Waals surface area contributed by atoms with Crippen molar-refractivity contribution >= 4 is 23.5 Å². The molecule has 2 aromatic heterocycles. The van der Waals surface area contributed by atoms with Gasteiger partial charge in [0.2, 0.25) is 0 Å². The fraction of sp³-hybridized carbons (Fsp3) is 0.154. The third kappa shape index (κ3) is 2.24. The molecule has 0 aromatic carbocycles. The van der Waals surface area contributed by atoms with Crippen molar-refractivity contribution in [3.05, 3.63) is 49.1 Å². The van der Waals surface area contributed by atoms with Gasteiger partial charge in [-0.3, -0.25) is 4.79 Å². The molecule has 0 unspecified atom stereocenters. The Bertz CT molecular complexity index is 704. The summed E-state index contributed by atoms with van der Waals surface area (Å²) in [5.74, 6) is 0. The molecule has 0 aliphatic carbocycles. The van der Waals surface area contributed by atoms with Crippen LogP contribution in [0.1, 0.15) is 27.3 Å². The minimum Gasteiger partial charge on any atom is -0.267 e. The minimum atomic E-state index is -0.445. The van der Waals surface area contributed by atoms with E-state index in [0.717, 1.165) is 4.88 Å². The van der Waals surface area contributed by atoms with Gasteiger partial charge in [-0.1, -0.05) is 0 Å². The van der Waals surface area contributed by atoms with Gasteiger partial charge in [-0.15, -0.1) is 11.3 Å². The van der Waals surface area contributed by atoms with Crippen molar-refractivity contribution in [3.8, 4) is 6.07 Å². The summed E-state index contributed by atoms with van der Waals surface area (Å²) in [5.41, 5.74) is 2.08. The molecule has 2 aromatic rings. The molecule has 90 valence electrons. The molecule has 0 bridgehead atoms. The topological polar surface area (TPSA) is 69.5 Å². The zero-order valence-electron chi connectivity index (χ0n) is 10.0. The van der Waals surface area contributed by atoms with E-state index < -0.39 is 5.56 Å². The van der Waals surface area contributed by atoms with E-state index in [0.29, 0.717) is 11.3 Å². The van der Waals surface area contributed by atoms with Crippen LogP contribution in [-0.4, -0.2) is 10.2 Å². The molecule has 0 amide bonds. The van der Waals surface area contributed by atoms with Gasteiger partial charge in [0.25, 0.3) is 5.56 Å². The first-order valence-corrected chi connectivity index (χ1v) is 6.23. The van der Waals surface area contributed by atoms with Crippen molar-refractivity contribution in [2.24, 2.45) is 0 Å². The maximum atomic E-state index is 11.3. The van der Waals surface area contributed by atoms with Crippen LogP contribution in [0.4, 0.5) is 0 Å². The highest BCUT2D eigenvalue weighted by atomic mass is 32.1. The molecule has 4 nitrogen and oxygen atoms in total. The van der Waals surface area contributed by atoms with Gasteiger partial charge in [-0.2, -0.15) is 10.4 Å². The Morgan fingerprint density at radius 3 is 2.83 bits per heavy atom. The van der Waals surface area contributed by atoms with Crippen molar-refractivity contribution in [2.75, 3.05) is 0 Å². The highest BCUT2D eigenvalue weighted by Gasteiger charge is 2.07. The molecule has 2 heterocycles. The number of nitrogens with one attached hydrogen (secondary N) is 1. The summed E-state index contributed by atoms with van der Waals surface area (Å²) in [4.78, 5) is 12.5. The van der Waals surface area contributed by atoms with Crippen LogP contribution in [-0.2, 0) is 0 Å². The second-order valence-corrected chi connectivity index (χ2v) is 4.80. The average molecular weight is 257 g/mol. The Labute approximate surface area is 108 Å². The standard InChI is InChI=1S/C13H11N3OS/c1-8-5-6-18-12(8)4-3-11-9(2)10(7-14)13(17)16-15-11/h3-6H,1-2H3,(H,16,17). The third-order valence-corrected chi connectivity index (χ3v) is 3.65. The maximum Gasteiger partial charge on any atom is 0.282 e. The van der Waals surface area contributed by atoms with E-state index in [4.69, 9.17) is 5.26 Å². The van der Waals surface area contributed by atoms with Gasteiger partial charge in [-0.05, 0) is 48.6 Å². The van der Waals surface area contributed by atoms with Crippen molar-refractivity contribution in [1.82, 2.24) is 10.2 Å². The Morgan fingerprint density at radius 2 is 2.22 bits per heavy atom. The quantitative estimate of drug-likeness (QED) is 0.898. The molecule has 0 atom stereocenters. The lowest BCUT2D eigenvalue weighted by molar-refractivity contribution is 0.953. The summed E-state index contributed by atoms with van der Waals surface area (Å²) in [5, 5.41) is 17.2. The lowest BCUT2D eigenvalue weighted by Crippen LogP contribution is -2.15. The third-order valence-electron chi connectivity index (χ3n) is 2.67. The van der Waals surface area contributed by atoms with Crippen molar-refractivity contribution < 1.29 is 0 Å². The number of nitrogens with zero attached hydrogens (tertiary/aromatic N) is 2. The first kappa shape index (κ1) is 12.3. The Balaban J connectivity index is 2.43. The summed E-state index contributed by atoms with van der Waals surface area (Å²) in [6.45, 7) is 3.76. The number of H-pyrrole nitrogens is 1. The predicted molar refractivity (Wildman–Crippen MR) is 72.3 cm³/mol. The van der Waals surface area contributed by atoms with E-state index in [2.05, 4.69) is 10.2 Å². The van der Waals surface area contributed by atoms with Gasteiger partial charge >= 0.3 is 0 Å². The smallest absolute Gasteiger partial charge is 0.267 e. The van der Waals surface area contributed by atoms with Crippen molar-refractivity contribution in [1.29, 1.82) is 5.26 Å². The predicted octanol–water partition coefficient (Wildman–Crippen LogP) is 2.49. The Morgan fingerprint density at radius 1 is 1.44 bits per heavy atom. The molecule has 18 heavy (non-hydrogen) atoms. The summed E-state index contributed by atoms with van der Waals surface area (Å²) in [6, 6.07) is 3.93. The Kier molecular flexibility index (Phi) is 3.40. The molecular weight excluding hydrogens is 246 g/mol. The van der Waals surface area contributed by atoms with Crippen LogP contribution in [0, 0.1) is 25.2 Å². The van der Waals surface area contributed by atoms with E-state index >= 15 is 0 Å². The number of rotatable bonds is 2. The van der Waals surface area contributed by atoms with Gasteiger partial charge in [0.1, 0.15) is 11.6 Å². The van der Waals surface area contributed by atoms with Crippen LogP contribution < -0.4 is 5.56 Å². The monoisotopic (exact) mass is 257 g/mol. The van der Waals surface area contributed by atoms with E-state index in [9.17, 15) is 4.79 Å². The molecule has 0 aliphatic heterocycles. The molecule has 0 radical (unpaired) electrons. The molecule has 2 rings (SSSR count). The van der Waals surface area contributed by atoms with Gasteiger partial charge in [0.15, 0.2) is 0 Å². The van der Waals surface area contributed by atoms with Crippen molar-refractivity contribution in [3.63, 3.8) is 0 Å². The lowest BCUT2D eigenvalue weighted by Gasteiger charge is -1.99. The first-order chi connectivity index (χ1) is 8.63. The van der Waals surface area contributed by atoms with Gasteiger partial charge < -0.3 is 0 Å². The van der Waals surface area contributed by atoms with E-state index in [1.807, 2.05) is 36.6 Å². The minimum absolute atomic E-state index is 0.118. The summed E-state index contributed by atoms with van der Waals surface area (Å²) >= 11 is 1.64. The number of thiophene rings is 1. The van der Waals surface area contributed by atoms with E-state index in [1.54, 1.807) is 18.3 Å². The zero-order chi connectivity index (χ0) is 13.1. The summed E-state index contributed by atoms with van der Waals surface area (Å²) < 4.78 is 0. The van der Waals surface area contributed by atoms with Crippen LogP contribution in [0.25, 0.3) is 12.2 Å². The van der Waals surface area contributed by atoms with Gasteiger partial charge in [-0.25, -0.2) is 5.10 Å². The molecular formula is C13H11N3OS. The molecule has 0 aliphatic rings. The number of aromatic amines is 1. The molecule has 0 spiro atoms. The number of nitriles is 1. The van der Waals surface area contributed by atoms with Crippen LogP contribution in [0.2, 0.25) is 0 Å². The molecule has 1 N–H and O–H groups in total. The number of hydrogen-bond acceptors (Lipinski definition) is 4. The van der Waals surface area contributed by atoms with Crippen LogP contribution >= 0.6 is 11.3 Å². The first-order valence-electron chi connectivity index (χ1n) is 5.35. The van der Waals surface area contributed by atoms with Gasteiger partial charge in [0, 0.05) is 4.88 Å². The van der Waals surface area contributed by atoms with E-state index in [-0.39, 0.29) is 5.56 Å². The maximum absolute atomic E-state index is 11.3. The van der Waals surface area contributed by atoms with Crippen LogP contribution in [0.5, 0.6) is 0 Å². The second kappa shape index (κ2) is 4.98. The normalized spacial score (nSPS) is 10.7. The molecule has 5 heteroatoms. The zero-order valence-corrected chi connectivity index (χ0v) is 10.8. The highest BCUT2D eigenvalue weighted by Crippen LogP contribution is 2.19. The molecule has 0 fully saturated rings. The van der Waals surface area contributed by atoms with Gasteiger partial charge in [0.05, 0.1) is 5.69 Å². The fourth-order valence-corrected chi connectivity index (χ4v) is 2.38. The van der Waals surface area contributed by atoms with Crippen LogP contribution in [0.15, 0.2) is 16.2 Å². The van der Waals surface area contributed by atoms with E-state index in [1.165, 1.54) is 5.56 Å². The summed E-state index contributed by atoms with van der Waals surface area (Å²) in [6.07, 6.45) is 3.75. The lowest BCUT2D eigenvalue weighted by atomic mass is 10.1. The second-order valence-electron chi connectivity index (χ2n) is 3.85. The summed E-state index contributed by atoms with van der Waals surface area (Å²) in [7, 11) is 0. The Hall–Kier alpha value is -2.19. The number of hydrogen-bond donors (Lipinski definition) is 1. The molecule has 0 saturated carbocycles. The highest BCUT2D eigenvalue weighted by molar-refractivity contribution is 7.11. The largest absolute Gasteiger partial charge is 0.282 e. The van der Waals surface area contributed by atoms with Crippen LogP contribution in [0.3, 0.4) is 0 Å². The number of aryl methyl sites for hydroxylation is 1. The molecule has 0 saturated heterocycles. The SMILES string of the molecule is Cc1ccsc1C=Cc1n[nH]c(=O)c(C#N)c1C. The van der Waals surface area contributed by atoms with Crippen molar-refractivity contribution in [2.45, 2.75) is 13.8 Å². The average Bonchev–Trinajstić information content (AvgIpc) is 2.75.